The van der Waals surface area contributed by atoms with E-state index in [9.17, 15) is 4.39 Å². The molecule has 0 spiro atoms. The van der Waals surface area contributed by atoms with Gasteiger partial charge in [0.25, 0.3) is 0 Å². The highest BCUT2D eigenvalue weighted by molar-refractivity contribution is 9.09. The molecule has 0 saturated carbocycles. The number of methoxy groups -OCH3 is 1. The van der Waals surface area contributed by atoms with Gasteiger partial charge in [-0.25, -0.2) is 4.39 Å². The molecule has 0 amide bonds. The molecule has 1 aliphatic rings. The topological polar surface area (TPSA) is 9.23 Å². The Labute approximate surface area is 130 Å². The lowest BCUT2D eigenvalue weighted by molar-refractivity contribution is 0.411. The number of hydrogen-bond acceptors (Lipinski definition) is 2. The minimum Gasteiger partial charge on any atom is -0.497 e. The van der Waals surface area contributed by atoms with Crippen molar-refractivity contribution in [2.24, 2.45) is 0 Å². The average molecular weight is 355 g/mol. The van der Waals surface area contributed by atoms with Crippen LogP contribution in [0.5, 0.6) is 5.75 Å². The molecule has 0 radical (unpaired) electrons. The lowest BCUT2D eigenvalue weighted by atomic mass is 9.99. The monoisotopic (exact) mass is 354 g/mol. The second-order valence-corrected chi connectivity index (χ2v) is 7.14. The van der Waals surface area contributed by atoms with Crippen LogP contribution in [0, 0.1) is 5.82 Å². The maximum absolute atomic E-state index is 14.2. The number of alkyl halides is 1. The van der Waals surface area contributed by atoms with Crippen molar-refractivity contribution in [1.82, 2.24) is 0 Å². The standard InChI is InChI=1S/C16H16BrFOS/c1-19-11-6-7-12(13(18)9-11)16(17)15-8-10-4-2-3-5-14(10)20-15/h6-9,16H,2-5H2,1H3. The molecule has 0 bridgehead atoms. The minimum atomic E-state index is -0.224. The predicted molar refractivity (Wildman–Crippen MR) is 84.7 cm³/mol. The second-order valence-electron chi connectivity index (χ2n) is 5.05. The summed E-state index contributed by atoms with van der Waals surface area (Å²) in [5.74, 6) is 0.328. The third-order valence-corrected chi connectivity index (χ3v) is 6.34. The number of ether oxygens (including phenoxy) is 1. The first kappa shape index (κ1) is 14.1. The molecule has 0 N–H and O–H groups in total. The highest BCUT2D eigenvalue weighted by Gasteiger charge is 2.21. The van der Waals surface area contributed by atoms with Crippen molar-refractivity contribution in [3.8, 4) is 5.75 Å². The third kappa shape index (κ3) is 2.63. The Morgan fingerprint density at radius 3 is 2.75 bits per heavy atom. The summed E-state index contributed by atoms with van der Waals surface area (Å²) in [6.07, 6.45) is 4.88. The molecule has 0 saturated heterocycles. The van der Waals surface area contributed by atoms with Crippen molar-refractivity contribution in [3.05, 3.63) is 51.0 Å². The molecule has 0 fully saturated rings. The van der Waals surface area contributed by atoms with E-state index in [2.05, 4.69) is 22.0 Å². The number of thiophene rings is 1. The summed E-state index contributed by atoms with van der Waals surface area (Å²) in [4.78, 5) is 2.59. The average Bonchev–Trinajstić information content (AvgIpc) is 2.90. The van der Waals surface area contributed by atoms with Crippen LogP contribution in [-0.4, -0.2) is 7.11 Å². The van der Waals surface area contributed by atoms with Crippen LogP contribution in [0.4, 0.5) is 4.39 Å². The van der Waals surface area contributed by atoms with Gasteiger partial charge in [0.15, 0.2) is 0 Å². The fraction of sp³-hybridized carbons (Fsp3) is 0.375. The van der Waals surface area contributed by atoms with Crippen molar-refractivity contribution >= 4 is 27.3 Å². The zero-order valence-electron chi connectivity index (χ0n) is 11.3. The lowest BCUT2D eigenvalue weighted by Gasteiger charge is -2.10. The van der Waals surface area contributed by atoms with Gasteiger partial charge in [-0.1, -0.05) is 22.0 Å². The van der Waals surface area contributed by atoms with Crippen molar-refractivity contribution in [2.75, 3.05) is 7.11 Å². The van der Waals surface area contributed by atoms with Crippen molar-refractivity contribution in [2.45, 2.75) is 30.5 Å². The normalized spacial score (nSPS) is 15.8. The molecule has 1 nitrogen and oxygen atoms in total. The minimum absolute atomic E-state index is 0.0796. The summed E-state index contributed by atoms with van der Waals surface area (Å²) < 4.78 is 19.2. The largest absolute Gasteiger partial charge is 0.497 e. The van der Waals surface area contributed by atoms with Crippen LogP contribution in [0.25, 0.3) is 0 Å². The van der Waals surface area contributed by atoms with E-state index in [0.29, 0.717) is 11.3 Å². The summed E-state index contributed by atoms with van der Waals surface area (Å²) >= 11 is 5.46. The smallest absolute Gasteiger partial charge is 0.131 e. The quantitative estimate of drug-likeness (QED) is 0.683. The number of hydrogen-bond donors (Lipinski definition) is 0. The van der Waals surface area contributed by atoms with Gasteiger partial charge in [0.2, 0.25) is 0 Å². The maximum Gasteiger partial charge on any atom is 0.131 e. The first-order valence-corrected chi connectivity index (χ1v) is 8.51. The van der Waals surface area contributed by atoms with Gasteiger partial charge >= 0.3 is 0 Å². The van der Waals surface area contributed by atoms with Crippen LogP contribution in [0.2, 0.25) is 0 Å². The molecule has 20 heavy (non-hydrogen) atoms. The molecule has 1 heterocycles. The molecule has 1 aromatic carbocycles. The summed E-state index contributed by atoms with van der Waals surface area (Å²) in [5.41, 5.74) is 2.12. The number of fused-ring (bicyclic) bond motifs is 1. The van der Waals surface area contributed by atoms with Gasteiger partial charge in [0.1, 0.15) is 11.6 Å². The molecule has 1 atom stereocenters. The number of rotatable bonds is 3. The highest BCUT2D eigenvalue weighted by Crippen LogP contribution is 2.40. The van der Waals surface area contributed by atoms with Crippen molar-refractivity contribution in [1.29, 1.82) is 0 Å². The summed E-state index contributed by atoms with van der Waals surface area (Å²) in [7, 11) is 1.55. The Kier molecular flexibility index (Phi) is 4.13. The zero-order chi connectivity index (χ0) is 14.1. The molecule has 1 aliphatic carbocycles. The highest BCUT2D eigenvalue weighted by atomic mass is 79.9. The van der Waals surface area contributed by atoms with Crippen LogP contribution in [0.15, 0.2) is 24.3 Å². The molecule has 1 aromatic heterocycles. The maximum atomic E-state index is 14.2. The van der Waals surface area contributed by atoms with Gasteiger partial charge in [-0.15, -0.1) is 11.3 Å². The molecular weight excluding hydrogens is 339 g/mol. The van der Waals surface area contributed by atoms with E-state index >= 15 is 0 Å². The van der Waals surface area contributed by atoms with E-state index in [-0.39, 0.29) is 10.6 Å². The Balaban J connectivity index is 1.92. The van der Waals surface area contributed by atoms with Crippen LogP contribution in [-0.2, 0) is 12.8 Å². The zero-order valence-corrected chi connectivity index (χ0v) is 13.7. The molecule has 2 aromatic rings. The predicted octanol–water partition coefficient (Wildman–Crippen LogP) is 5.26. The van der Waals surface area contributed by atoms with E-state index in [1.807, 2.05) is 11.3 Å². The third-order valence-electron chi connectivity index (χ3n) is 3.75. The van der Waals surface area contributed by atoms with E-state index in [1.54, 1.807) is 19.2 Å². The fourth-order valence-corrected chi connectivity index (χ4v) is 4.67. The Bertz CT molecular complexity index is 599. The fourth-order valence-electron chi connectivity index (χ4n) is 2.63. The number of aryl methyl sites for hydroxylation is 2. The van der Waals surface area contributed by atoms with Crippen LogP contribution in [0.3, 0.4) is 0 Å². The van der Waals surface area contributed by atoms with Crippen LogP contribution >= 0.6 is 27.3 Å². The molecule has 0 aliphatic heterocycles. The first-order chi connectivity index (χ1) is 9.69. The second kappa shape index (κ2) is 5.86. The Morgan fingerprint density at radius 2 is 2.05 bits per heavy atom. The van der Waals surface area contributed by atoms with E-state index in [0.717, 1.165) is 6.42 Å². The van der Waals surface area contributed by atoms with E-state index in [4.69, 9.17) is 4.74 Å². The summed E-state index contributed by atoms with van der Waals surface area (Å²) in [6, 6.07) is 7.28. The van der Waals surface area contributed by atoms with Crippen molar-refractivity contribution < 1.29 is 9.13 Å². The molecule has 106 valence electrons. The van der Waals surface area contributed by atoms with Gasteiger partial charge < -0.3 is 4.74 Å². The van der Waals surface area contributed by atoms with Crippen LogP contribution < -0.4 is 4.74 Å². The first-order valence-electron chi connectivity index (χ1n) is 6.78. The SMILES string of the molecule is COc1ccc(C(Br)c2cc3c(s2)CCCC3)c(F)c1. The number of benzene rings is 1. The lowest BCUT2D eigenvalue weighted by Crippen LogP contribution is -1.97. The van der Waals surface area contributed by atoms with Gasteiger partial charge in [-0.05, 0) is 43.4 Å². The number of halogens is 2. The Hall–Kier alpha value is -0.870. The molecular formula is C16H16BrFOS. The molecule has 3 rings (SSSR count). The van der Waals surface area contributed by atoms with E-state index in [1.165, 1.54) is 40.6 Å². The van der Waals surface area contributed by atoms with Gasteiger partial charge in [-0.3, -0.25) is 0 Å². The van der Waals surface area contributed by atoms with Crippen LogP contribution in [0.1, 0.15) is 38.6 Å². The van der Waals surface area contributed by atoms with Gasteiger partial charge in [-0.2, -0.15) is 0 Å². The Morgan fingerprint density at radius 1 is 1.25 bits per heavy atom. The summed E-state index contributed by atoms with van der Waals surface area (Å²) in [6.45, 7) is 0. The molecule has 1 unspecified atom stereocenters. The van der Waals surface area contributed by atoms with E-state index < -0.39 is 0 Å². The summed E-state index contributed by atoms with van der Waals surface area (Å²) in [5, 5.41) is 0. The molecule has 4 heteroatoms. The van der Waals surface area contributed by atoms with Crippen molar-refractivity contribution in [3.63, 3.8) is 0 Å². The van der Waals surface area contributed by atoms with Gasteiger partial charge in [0, 0.05) is 21.4 Å². The van der Waals surface area contributed by atoms with Gasteiger partial charge in [0.05, 0.1) is 11.9 Å².